The van der Waals surface area contributed by atoms with Crippen molar-refractivity contribution in [3.63, 3.8) is 0 Å². The average Bonchev–Trinajstić information content (AvgIpc) is 1.88. The molecular formula is C6H8N2S2. The molecule has 0 fully saturated rings. The van der Waals surface area contributed by atoms with Gasteiger partial charge in [-0.05, 0) is 13.2 Å². The Kier molecular flexibility index (Phi) is 4.24. The zero-order valence-corrected chi connectivity index (χ0v) is 7.47. The quantitative estimate of drug-likeness (QED) is 0.511. The van der Waals surface area contributed by atoms with Crippen LogP contribution < -0.4 is 0 Å². The highest BCUT2D eigenvalue weighted by atomic mass is 32.2. The van der Waals surface area contributed by atoms with E-state index in [1.807, 2.05) is 12.3 Å². The Balaban J connectivity index is 4.25. The maximum absolute atomic E-state index is 8.51. The summed E-state index contributed by atoms with van der Waals surface area (Å²) in [5.41, 5.74) is 0.321. The Morgan fingerprint density at radius 2 is 2.30 bits per heavy atom. The number of hydrogen-bond acceptors (Lipinski definition) is 4. The molecule has 2 nitrogen and oxygen atoms in total. The zero-order valence-electron chi connectivity index (χ0n) is 5.84. The second kappa shape index (κ2) is 4.42. The van der Waals surface area contributed by atoms with Crippen molar-refractivity contribution in [2.45, 2.75) is 6.92 Å². The van der Waals surface area contributed by atoms with Gasteiger partial charge in [0.2, 0.25) is 0 Å². The van der Waals surface area contributed by atoms with Crippen molar-refractivity contribution in [3.8, 4) is 6.07 Å². The smallest absolute Gasteiger partial charge is 0.124 e. The number of nitrogens with one attached hydrogen (secondary N) is 1. The van der Waals surface area contributed by atoms with Crippen LogP contribution in [-0.2, 0) is 0 Å². The van der Waals surface area contributed by atoms with Crippen LogP contribution in [0, 0.1) is 22.7 Å². The molecule has 54 valence electrons. The van der Waals surface area contributed by atoms with Crippen LogP contribution in [0.3, 0.4) is 0 Å². The van der Waals surface area contributed by atoms with Crippen LogP contribution in [0.2, 0.25) is 0 Å². The second-order valence-corrected chi connectivity index (χ2v) is 3.31. The Bertz CT molecular complexity index is 192. The number of thioether (sulfide) groups is 1. The normalized spacial score (nSPS) is 11.7. The lowest BCUT2D eigenvalue weighted by Crippen LogP contribution is -2.14. The summed E-state index contributed by atoms with van der Waals surface area (Å²) in [4.78, 5) is 0. The fourth-order valence-electron chi connectivity index (χ4n) is 0.444. The van der Waals surface area contributed by atoms with E-state index in [0.29, 0.717) is 9.91 Å². The molecule has 0 saturated heterocycles. The number of hydrogen-bond donors (Lipinski definition) is 1. The summed E-state index contributed by atoms with van der Waals surface area (Å²) >= 11 is 6.21. The van der Waals surface area contributed by atoms with Crippen LogP contribution in [0.5, 0.6) is 0 Å². The molecule has 0 radical (unpaired) electrons. The maximum Gasteiger partial charge on any atom is 0.124 e. The molecule has 4 heteroatoms. The van der Waals surface area contributed by atoms with Crippen LogP contribution in [0.1, 0.15) is 6.92 Å². The predicted octanol–water partition coefficient (Wildman–Crippen LogP) is 1.86. The van der Waals surface area contributed by atoms with Gasteiger partial charge in [0.25, 0.3) is 0 Å². The zero-order chi connectivity index (χ0) is 8.15. The van der Waals surface area contributed by atoms with Gasteiger partial charge in [0.15, 0.2) is 0 Å². The highest BCUT2D eigenvalue weighted by Crippen LogP contribution is 2.10. The summed E-state index contributed by atoms with van der Waals surface area (Å²) in [6.07, 6.45) is 1.82. The number of rotatable bonds is 2. The Labute approximate surface area is 70.1 Å². The summed E-state index contributed by atoms with van der Waals surface area (Å²) in [6.45, 7) is 1.59. The van der Waals surface area contributed by atoms with E-state index in [0.717, 1.165) is 0 Å². The highest BCUT2D eigenvalue weighted by molar-refractivity contribution is 8.22. The molecule has 1 N–H and O–H groups in total. The van der Waals surface area contributed by atoms with Crippen molar-refractivity contribution >= 4 is 33.9 Å². The van der Waals surface area contributed by atoms with Crippen molar-refractivity contribution in [2.75, 3.05) is 6.26 Å². The molecule has 0 rings (SSSR count). The van der Waals surface area contributed by atoms with Gasteiger partial charge in [0.1, 0.15) is 5.92 Å². The minimum absolute atomic E-state index is 0.321. The van der Waals surface area contributed by atoms with Gasteiger partial charge in [0.05, 0.1) is 10.3 Å². The summed E-state index contributed by atoms with van der Waals surface area (Å²) in [5, 5.41) is 15.7. The molecular weight excluding hydrogens is 164 g/mol. The van der Waals surface area contributed by atoms with E-state index in [-0.39, 0.29) is 0 Å². The number of nitriles is 1. The lowest BCUT2D eigenvalue weighted by atomic mass is 10.1. The molecule has 0 aromatic carbocycles. The van der Waals surface area contributed by atoms with Crippen molar-refractivity contribution in [1.82, 2.24) is 0 Å². The van der Waals surface area contributed by atoms with Gasteiger partial charge < -0.3 is 5.41 Å². The third kappa shape index (κ3) is 2.46. The van der Waals surface area contributed by atoms with Gasteiger partial charge in [-0.1, -0.05) is 12.2 Å². The van der Waals surface area contributed by atoms with Gasteiger partial charge >= 0.3 is 0 Å². The molecule has 1 atom stereocenters. The third-order valence-electron chi connectivity index (χ3n) is 0.999. The van der Waals surface area contributed by atoms with E-state index in [1.165, 1.54) is 11.8 Å². The van der Waals surface area contributed by atoms with Crippen LogP contribution in [0.25, 0.3) is 0 Å². The topological polar surface area (TPSA) is 47.6 Å². The summed E-state index contributed by atoms with van der Waals surface area (Å²) in [5.74, 6) is -0.481. The van der Waals surface area contributed by atoms with Crippen molar-refractivity contribution in [2.24, 2.45) is 5.92 Å². The maximum atomic E-state index is 8.51. The monoisotopic (exact) mass is 172 g/mol. The van der Waals surface area contributed by atoms with Gasteiger partial charge in [-0.25, -0.2) is 0 Å². The molecule has 0 aliphatic heterocycles. The second-order valence-electron chi connectivity index (χ2n) is 1.77. The van der Waals surface area contributed by atoms with Crippen LogP contribution in [-0.4, -0.2) is 16.2 Å². The van der Waals surface area contributed by atoms with Gasteiger partial charge in [-0.15, -0.1) is 11.8 Å². The van der Waals surface area contributed by atoms with E-state index in [2.05, 4.69) is 0 Å². The molecule has 0 bridgehead atoms. The first-order chi connectivity index (χ1) is 4.63. The van der Waals surface area contributed by atoms with Crippen LogP contribution in [0.4, 0.5) is 0 Å². The Morgan fingerprint density at radius 3 is 2.40 bits per heavy atom. The molecule has 1 unspecified atom stereocenters. The van der Waals surface area contributed by atoms with E-state index in [4.69, 9.17) is 22.9 Å². The number of thiocarbonyl (C=S) groups is 1. The van der Waals surface area contributed by atoms with E-state index in [1.54, 1.807) is 6.92 Å². The molecule has 0 amide bonds. The van der Waals surface area contributed by atoms with E-state index in [9.17, 15) is 0 Å². The van der Waals surface area contributed by atoms with Gasteiger partial charge in [-0.2, -0.15) is 5.26 Å². The first kappa shape index (κ1) is 9.60. The van der Waals surface area contributed by atoms with Crippen molar-refractivity contribution in [1.29, 1.82) is 10.7 Å². The standard InChI is InChI=1S/C6H8N2S2/c1-4(8)5(3-7)6(9)10-2/h5,8H,1-2H3. The molecule has 10 heavy (non-hydrogen) atoms. The van der Waals surface area contributed by atoms with Gasteiger partial charge in [-0.3, -0.25) is 0 Å². The minimum Gasteiger partial charge on any atom is -0.308 e. The Hall–Kier alpha value is -0.400. The Morgan fingerprint density at radius 1 is 1.80 bits per heavy atom. The minimum atomic E-state index is -0.481. The first-order valence-electron chi connectivity index (χ1n) is 2.66. The lowest BCUT2D eigenvalue weighted by Gasteiger charge is -2.04. The molecule has 0 aromatic rings. The molecule has 0 heterocycles. The molecule has 0 spiro atoms. The highest BCUT2D eigenvalue weighted by Gasteiger charge is 2.14. The SMILES string of the molecule is CSC(=S)C(C#N)C(C)=N. The van der Waals surface area contributed by atoms with Crippen LogP contribution >= 0.6 is 24.0 Å². The van der Waals surface area contributed by atoms with E-state index < -0.39 is 5.92 Å². The van der Waals surface area contributed by atoms with Crippen molar-refractivity contribution < 1.29 is 0 Å². The van der Waals surface area contributed by atoms with Gasteiger partial charge in [0, 0.05) is 5.71 Å². The predicted molar refractivity (Wildman–Crippen MR) is 48.6 cm³/mol. The largest absolute Gasteiger partial charge is 0.308 e. The van der Waals surface area contributed by atoms with E-state index >= 15 is 0 Å². The fraction of sp³-hybridized carbons (Fsp3) is 0.500. The summed E-state index contributed by atoms with van der Waals surface area (Å²) in [7, 11) is 0. The molecule has 0 aliphatic carbocycles. The first-order valence-corrected chi connectivity index (χ1v) is 4.29. The van der Waals surface area contributed by atoms with Crippen molar-refractivity contribution in [3.05, 3.63) is 0 Å². The molecule has 0 aliphatic rings. The summed E-state index contributed by atoms with van der Waals surface area (Å²) < 4.78 is 0.579. The van der Waals surface area contributed by atoms with Crippen LogP contribution in [0.15, 0.2) is 0 Å². The number of nitrogens with zero attached hydrogens (tertiary/aromatic N) is 1. The fourth-order valence-corrected chi connectivity index (χ4v) is 1.14. The third-order valence-corrected chi connectivity index (χ3v) is 2.37. The summed E-state index contributed by atoms with van der Waals surface area (Å²) in [6, 6.07) is 1.97. The average molecular weight is 172 g/mol. The lowest BCUT2D eigenvalue weighted by molar-refractivity contribution is 1.20. The molecule has 0 aromatic heterocycles. The molecule has 0 saturated carbocycles.